The smallest absolute Gasteiger partial charge is 0.406 e. The fraction of sp³-hybridized carbons (Fsp3) is 0.750. The number of hydrogen-bond acceptors (Lipinski definition) is 4. The molecule has 0 aromatic carbocycles. The van der Waals surface area contributed by atoms with Gasteiger partial charge in [0.05, 0.1) is 6.42 Å². The van der Waals surface area contributed by atoms with Crippen molar-refractivity contribution in [3.05, 3.63) is 0 Å². The molecular weight excluding hydrogens is 196 g/mol. The maximum absolute atomic E-state index is 11.0. The number of rotatable bonds is 3. The van der Waals surface area contributed by atoms with E-state index in [1.807, 2.05) is 20.8 Å². The quantitative estimate of drug-likeness (QED) is 0.406. The summed E-state index contributed by atoms with van der Waals surface area (Å²) >= 11 is 4.84. The fourth-order valence-corrected chi connectivity index (χ4v) is 0.670. The van der Waals surface area contributed by atoms with Crippen LogP contribution in [-0.2, 0) is 14.3 Å². The molecule has 0 N–H and O–H groups in total. The summed E-state index contributed by atoms with van der Waals surface area (Å²) in [4.78, 5) is 21.0. The van der Waals surface area contributed by atoms with Crippen molar-refractivity contribution in [3.63, 3.8) is 0 Å². The third-order valence-corrected chi connectivity index (χ3v) is 1.18. The van der Waals surface area contributed by atoms with Crippen LogP contribution in [0.3, 0.4) is 0 Å². The van der Waals surface area contributed by atoms with Gasteiger partial charge in [0.15, 0.2) is 0 Å². The molecule has 0 atom stereocenters. The first-order valence-corrected chi connectivity index (χ1v) is 4.17. The van der Waals surface area contributed by atoms with Crippen molar-refractivity contribution in [2.45, 2.75) is 27.2 Å². The Hall–Kier alpha value is -0.770. The highest BCUT2D eigenvalue weighted by Gasteiger charge is 2.17. The number of esters is 1. The zero-order valence-corrected chi connectivity index (χ0v) is 8.68. The molecule has 76 valence electrons. The van der Waals surface area contributed by atoms with E-state index >= 15 is 0 Å². The van der Waals surface area contributed by atoms with Crippen LogP contribution < -0.4 is 0 Å². The lowest BCUT2D eigenvalue weighted by atomic mass is 9.93. The van der Waals surface area contributed by atoms with Crippen LogP contribution in [-0.4, -0.2) is 18.2 Å². The highest BCUT2D eigenvalue weighted by molar-refractivity contribution is 6.61. The molecule has 0 unspecified atom stereocenters. The molecule has 0 saturated carbocycles. The van der Waals surface area contributed by atoms with Gasteiger partial charge in [-0.2, -0.15) is 0 Å². The molecule has 5 heteroatoms. The first kappa shape index (κ1) is 12.2. The zero-order chi connectivity index (χ0) is 10.5. The summed E-state index contributed by atoms with van der Waals surface area (Å²) in [5.41, 5.74) is -1.12. The predicted octanol–water partition coefficient (Wildman–Crippen LogP) is 2.30. The van der Waals surface area contributed by atoms with Crippen LogP contribution in [0.2, 0.25) is 0 Å². The molecule has 0 aliphatic rings. The van der Waals surface area contributed by atoms with Crippen molar-refractivity contribution >= 4 is 23.0 Å². The lowest BCUT2D eigenvalue weighted by molar-refractivity contribution is -0.153. The molecule has 0 aliphatic carbocycles. The predicted molar refractivity (Wildman–Crippen MR) is 47.4 cm³/mol. The third kappa shape index (κ3) is 9.14. The first-order valence-electron chi connectivity index (χ1n) is 3.79. The Morgan fingerprint density at radius 3 is 2.15 bits per heavy atom. The van der Waals surface area contributed by atoms with Crippen LogP contribution in [0.25, 0.3) is 0 Å². The van der Waals surface area contributed by atoms with Crippen LogP contribution in [0, 0.1) is 5.41 Å². The summed E-state index contributed by atoms with van der Waals surface area (Å²) in [5.74, 6) is -0.412. The van der Waals surface area contributed by atoms with E-state index in [1.54, 1.807) is 0 Å². The van der Waals surface area contributed by atoms with E-state index in [9.17, 15) is 9.59 Å². The molecule has 0 spiro atoms. The monoisotopic (exact) mass is 208 g/mol. The SMILES string of the molecule is CC(C)(C)CC(=O)OCOC(=O)Cl. The molecule has 0 saturated heterocycles. The summed E-state index contributed by atoms with van der Waals surface area (Å²) < 4.78 is 8.77. The number of hydrogen-bond donors (Lipinski definition) is 0. The highest BCUT2D eigenvalue weighted by Crippen LogP contribution is 2.18. The minimum absolute atomic E-state index is 0.137. The average Bonchev–Trinajstić information content (AvgIpc) is 1.81. The molecule has 0 amide bonds. The maximum atomic E-state index is 11.0. The van der Waals surface area contributed by atoms with Crippen molar-refractivity contribution in [1.29, 1.82) is 0 Å². The molecule has 0 heterocycles. The lowest BCUT2D eigenvalue weighted by Gasteiger charge is -2.16. The van der Waals surface area contributed by atoms with E-state index in [2.05, 4.69) is 9.47 Å². The van der Waals surface area contributed by atoms with Crippen LogP contribution in [0.1, 0.15) is 27.2 Å². The lowest BCUT2D eigenvalue weighted by Crippen LogP contribution is -2.17. The Morgan fingerprint density at radius 2 is 1.77 bits per heavy atom. The minimum Gasteiger partial charge on any atom is -0.428 e. The largest absolute Gasteiger partial charge is 0.428 e. The Labute approximate surface area is 82.1 Å². The van der Waals surface area contributed by atoms with Crippen LogP contribution in [0.5, 0.6) is 0 Å². The topological polar surface area (TPSA) is 52.6 Å². The molecule has 0 radical (unpaired) electrons. The van der Waals surface area contributed by atoms with Crippen molar-refractivity contribution in [2.24, 2.45) is 5.41 Å². The van der Waals surface area contributed by atoms with Gasteiger partial charge in [0.2, 0.25) is 6.79 Å². The van der Waals surface area contributed by atoms with Gasteiger partial charge in [-0.1, -0.05) is 20.8 Å². The molecule has 0 aromatic rings. The molecule has 13 heavy (non-hydrogen) atoms. The number of carbonyl (C=O) groups is 2. The van der Waals surface area contributed by atoms with E-state index in [-0.39, 0.29) is 11.8 Å². The standard InChI is InChI=1S/C8H13ClO4/c1-8(2,3)4-6(10)12-5-13-7(9)11/h4-5H2,1-3H3. The Kier molecular flexibility index (Phi) is 4.77. The summed E-state index contributed by atoms with van der Waals surface area (Å²) in [6.45, 7) is 5.29. The normalized spacial score (nSPS) is 10.8. The zero-order valence-electron chi connectivity index (χ0n) is 7.93. The Morgan fingerprint density at radius 1 is 1.23 bits per heavy atom. The van der Waals surface area contributed by atoms with Gasteiger partial charge in [-0.05, 0) is 5.41 Å². The molecule has 0 bridgehead atoms. The number of halogens is 1. The van der Waals surface area contributed by atoms with E-state index in [0.717, 1.165) is 0 Å². The molecule has 4 nitrogen and oxygen atoms in total. The second kappa shape index (κ2) is 5.07. The molecule has 0 rings (SSSR count). The number of ether oxygens (including phenoxy) is 2. The Balaban J connectivity index is 3.59. The highest BCUT2D eigenvalue weighted by atomic mass is 35.5. The van der Waals surface area contributed by atoms with Crippen LogP contribution >= 0.6 is 11.6 Å². The molecule has 0 fully saturated rings. The average molecular weight is 209 g/mol. The van der Waals surface area contributed by atoms with Crippen molar-refractivity contribution in [3.8, 4) is 0 Å². The van der Waals surface area contributed by atoms with E-state index in [1.165, 1.54) is 0 Å². The summed E-state index contributed by atoms with van der Waals surface area (Å²) in [6, 6.07) is 0. The van der Waals surface area contributed by atoms with E-state index < -0.39 is 18.2 Å². The number of carbonyl (C=O) groups excluding carboxylic acids is 2. The molecule has 0 aliphatic heterocycles. The molecular formula is C8H13ClO4. The van der Waals surface area contributed by atoms with Crippen molar-refractivity contribution in [1.82, 2.24) is 0 Å². The van der Waals surface area contributed by atoms with Crippen molar-refractivity contribution < 1.29 is 19.1 Å². The van der Waals surface area contributed by atoms with Gasteiger partial charge in [-0.15, -0.1) is 0 Å². The Bertz CT molecular complexity index is 195. The summed E-state index contributed by atoms with van der Waals surface area (Å²) in [6.07, 6.45) is 0.271. The van der Waals surface area contributed by atoms with E-state index in [0.29, 0.717) is 0 Å². The second-order valence-corrected chi connectivity index (χ2v) is 4.06. The minimum atomic E-state index is -0.983. The maximum Gasteiger partial charge on any atom is 0.406 e. The van der Waals surface area contributed by atoms with Gasteiger partial charge >= 0.3 is 11.4 Å². The van der Waals surface area contributed by atoms with Crippen LogP contribution in [0.15, 0.2) is 0 Å². The van der Waals surface area contributed by atoms with Gasteiger partial charge in [0, 0.05) is 11.6 Å². The second-order valence-electron chi connectivity index (χ2n) is 3.75. The van der Waals surface area contributed by atoms with Crippen LogP contribution in [0.4, 0.5) is 4.79 Å². The fourth-order valence-electron chi connectivity index (χ4n) is 0.626. The van der Waals surface area contributed by atoms with Crippen molar-refractivity contribution in [2.75, 3.05) is 6.79 Å². The van der Waals surface area contributed by atoms with Gasteiger partial charge in [0.1, 0.15) is 0 Å². The van der Waals surface area contributed by atoms with Gasteiger partial charge in [0.25, 0.3) is 0 Å². The van der Waals surface area contributed by atoms with Gasteiger partial charge in [-0.3, -0.25) is 4.79 Å². The van der Waals surface area contributed by atoms with Gasteiger partial charge < -0.3 is 9.47 Å². The summed E-state index contributed by atoms with van der Waals surface area (Å²) in [5, 5.41) is 0. The third-order valence-electron chi connectivity index (χ3n) is 1.07. The molecule has 0 aromatic heterocycles. The summed E-state index contributed by atoms with van der Waals surface area (Å²) in [7, 11) is 0. The van der Waals surface area contributed by atoms with Gasteiger partial charge in [-0.25, -0.2) is 4.79 Å². The first-order chi connectivity index (χ1) is 5.81. The van der Waals surface area contributed by atoms with E-state index in [4.69, 9.17) is 11.6 Å².